The van der Waals surface area contributed by atoms with Gasteiger partial charge in [-0.1, -0.05) is 90.2 Å². The van der Waals surface area contributed by atoms with Crippen LogP contribution < -0.4 is 0 Å². The Hall–Kier alpha value is -0.310. The Balaban J connectivity index is 2.25. The van der Waals surface area contributed by atoms with E-state index in [0.29, 0.717) is 0 Å². The molecule has 1 rings (SSSR count). The zero-order chi connectivity index (χ0) is 15.6. The van der Waals surface area contributed by atoms with Crippen molar-refractivity contribution in [2.24, 2.45) is 0 Å². The maximum atomic E-state index is 12.5. The standard InChI is InChI=1S/C18H34O2S/c1-3-5-7-9-11-13-17-15-16-18(21(17,19)20)14-12-10-8-6-4-2/h15-18H,3-14H2,1-2H3. The Bertz CT molecular complexity index is 354. The number of hydrogen-bond donors (Lipinski definition) is 0. The van der Waals surface area contributed by atoms with Gasteiger partial charge >= 0.3 is 0 Å². The molecule has 0 aromatic heterocycles. The lowest BCUT2D eigenvalue weighted by atomic mass is 10.1. The van der Waals surface area contributed by atoms with Crippen molar-refractivity contribution in [2.75, 3.05) is 0 Å². The molecule has 1 heterocycles. The molecular formula is C18H34O2S. The van der Waals surface area contributed by atoms with Gasteiger partial charge in [0.25, 0.3) is 0 Å². The van der Waals surface area contributed by atoms with Crippen LogP contribution >= 0.6 is 0 Å². The van der Waals surface area contributed by atoms with E-state index in [9.17, 15) is 8.42 Å². The van der Waals surface area contributed by atoms with Gasteiger partial charge in [-0.25, -0.2) is 8.42 Å². The first-order valence-electron chi connectivity index (χ1n) is 9.04. The maximum absolute atomic E-state index is 12.5. The summed E-state index contributed by atoms with van der Waals surface area (Å²) in [6.45, 7) is 4.41. The monoisotopic (exact) mass is 314 g/mol. The van der Waals surface area contributed by atoms with Gasteiger partial charge in [-0.15, -0.1) is 0 Å². The van der Waals surface area contributed by atoms with Crippen LogP contribution in [0.3, 0.4) is 0 Å². The van der Waals surface area contributed by atoms with Gasteiger partial charge < -0.3 is 0 Å². The summed E-state index contributed by atoms with van der Waals surface area (Å²) in [5, 5.41) is -0.389. The fraction of sp³-hybridized carbons (Fsp3) is 0.889. The molecule has 3 heteroatoms. The van der Waals surface area contributed by atoms with Crippen LogP contribution in [0.1, 0.15) is 90.9 Å². The van der Waals surface area contributed by atoms with Crippen LogP contribution in [0, 0.1) is 0 Å². The molecule has 1 aliphatic rings. The summed E-state index contributed by atoms with van der Waals surface area (Å²) in [5.41, 5.74) is 0. The highest BCUT2D eigenvalue weighted by molar-refractivity contribution is 7.93. The van der Waals surface area contributed by atoms with Crippen LogP contribution in [0.2, 0.25) is 0 Å². The normalized spacial score (nSPS) is 23.7. The number of unbranched alkanes of at least 4 members (excludes halogenated alkanes) is 8. The topological polar surface area (TPSA) is 34.1 Å². The highest BCUT2D eigenvalue weighted by Gasteiger charge is 2.34. The summed E-state index contributed by atoms with van der Waals surface area (Å²) in [6, 6.07) is 0. The molecule has 1 aliphatic heterocycles. The molecule has 0 radical (unpaired) electrons. The number of hydrogen-bond acceptors (Lipinski definition) is 2. The molecule has 0 saturated heterocycles. The van der Waals surface area contributed by atoms with Crippen molar-refractivity contribution >= 4 is 9.84 Å². The molecule has 2 unspecified atom stereocenters. The average molecular weight is 315 g/mol. The van der Waals surface area contributed by atoms with E-state index in [1.54, 1.807) is 0 Å². The minimum absolute atomic E-state index is 0.195. The van der Waals surface area contributed by atoms with E-state index in [1.165, 1.54) is 51.4 Å². The highest BCUT2D eigenvalue weighted by Crippen LogP contribution is 2.28. The fourth-order valence-corrected chi connectivity index (χ4v) is 5.17. The summed E-state index contributed by atoms with van der Waals surface area (Å²) < 4.78 is 24.9. The molecule has 124 valence electrons. The number of rotatable bonds is 12. The van der Waals surface area contributed by atoms with Gasteiger partial charge in [-0.3, -0.25) is 0 Å². The first-order valence-corrected chi connectivity index (χ1v) is 10.6. The van der Waals surface area contributed by atoms with E-state index in [4.69, 9.17) is 0 Å². The van der Waals surface area contributed by atoms with Crippen molar-refractivity contribution in [2.45, 2.75) is 101 Å². The van der Waals surface area contributed by atoms with Crippen molar-refractivity contribution < 1.29 is 8.42 Å². The minimum atomic E-state index is -2.92. The molecule has 2 nitrogen and oxygen atoms in total. The molecule has 0 aliphatic carbocycles. The second-order valence-corrected chi connectivity index (χ2v) is 8.85. The Morgan fingerprint density at radius 2 is 1.05 bits per heavy atom. The average Bonchev–Trinajstić information content (AvgIpc) is 2.74. The molecule has 0 aromatic carbocycles. The molecule has 0 bridgehead atoms. The lowest BCUT2D eigenvalue weighted by Gasteiger charge is -2.14. The van der Waals surface area contributed by atoms with E-state index >= 15 is 0 Å². The predicted octanol–water partition coefficient (Wildman–Crippen LogP) is 5.43. The minimum Gasteiger partial charge on any atom is -0.228 e. The van der Waals surface area contributed by atoms with Crippen LogP contribution in [-0.4, -0.2) is 18.9 Å². The van der Waals surface area contributed by atoms with Crippen LogP contribution in [-0.2, 0) is 9.84 Å². The van der Waals surface area contributed by atoms with E-state index in [0.717, 1.165) is 25.7 Å². The number of sulfone groups is 1. The largest absolute Gasteiger partial charge is 0.228 e. The Morgan fingerprint density at radius 3 is 1.43 bits per heavy atom. The lowest BCUT2D eigenvalue weighted by molar-refractivity contribution is 0.557. The summed E-state index contributed by atoms with van der Waals surface area (Å²) >= 11 is 0. The summed E-state index contributed by atoms with van der Waals surface area (Å²) in [5.74, 6) is 0. The SMILES string of the molecule is CCCCCCCC1C=CC(CCCCCCC)S1(=O)=O. The van der Waals surface area contributed by atoms with Gasteiger partial charge in [-0.2, -0.15) is 0 Å². The second kappa shape index (κ2) is 10.4. The van der Waals surface area contributed by atoms with Crippen molar-refractivity contribution in [3.8, 4) is 0 Å². The van der Waals surface area contributed by atoms with E-state index in [1.807, 2.05) is 12.2 Å². The van der Waals surface area contributed by atoms with E-state index < -0.39 is 9.84 Å². The van der Waals surface area contributed by atoms with Gasteiger partial charge in [0.1, 0.15) is 0 Å². The maximum Gasteiger partial charge on any atom is 0.163 e. The van der Waals surface area contributed by atoms with Crippen molar-refractivity contribution in [3.05, 3.63) is 12.2 Å². The zero-order valence-corrected chi connectivity index (χ0v) is 14.8. The van der Waals surface area contributed by atoms with Crippen LogP contribution in [0.4, 0.5) is 0 Å². The summed E-state index contributed by atoms with van der Waals surface area (Å²) in [6.07, 6.45) is 17.5. The highest BCUT2D eigenvalue weighted by atomic mass is 32.2. The van der Waals surface area contributed by atoms with Gasteiger partial charge in [0.15, 0.2) is 9.84 Å². The molecule has 0 N–H and O–H groups in total. The zero-order valence-electron chi connectivity index (χ0n) is 14.0. The molecule has 21 heavy (non-hydrogen) atoms. The van der Waals surface area contributed by atoms with Gasteiger partial charge in [0.2, 0.25) is 0 Å². The molecule has 0 saturated carbocycles. The van der Waals surface area contributed by atoms with Crippen LogP contribution in [0.15, 0.2) is 12.2 Å². The predicted molar refractivity (Wildman–Crippen MR) is 92.4 cm³/mol. The molecule has 0 amide bonds. The van der Waals surface area contributed by atoms with Crippen molar-refractivity contribution in [1.82, 2.24) is 0 Å². The molecule has 0 fully saturated rings. The Kier molecular flexibility index (Phi) is 9.30. The summed E-state index contributed by atoms with van der Waals surface area (Å²) in [4.78, 5) is 0. The summed E-state index contributed by atoms with van der Waals surface area (Å²) in [7, 11) is -2.92. The smallest absolute Gasteiger partial charge is 0.163 e. The first kappa shape index (κ1) is 18.7. The van der Waals surface area contributed by atoms with Crippen LogP contribution in [0.25, 0.3) is 0 Å². The quantitative estimate of drug-likeness (QED) is 0.355. The third kappa shape index (κ3) is 6.54. The van der Waals surface area contributed by atoms with Gasteiger partial charge in [-0.05, 0) is 12.8 Å². The molecular weight excluding hydrogens is 280 g/mol. The Labute approximate surface area is 132 Å². The van der Waals surface area contributed by atoms with E-state index in [-0.39, 0.29) is 10.5 Å². The fourth-order valence-electron chi connectivity index (χ4n) is 3.11. The second-order valence-electron chi connectivity index (χ2n) is 6.46. The third-order valence-corrected chi connectivity index (χ3v) is 7.04. The lowest BCUT2D eigenvalue weighted by Crippen LogP contribution is -2.24. The molecule has 0 spiro atoms. The van der Waals surface area contributed by atoms with Crippen molar-refractivity contribution in [1.29, 1.82) is 0 Å². The van der Waals surface area contributed by atoms with E-state index in [2.05, 4.69) is 13.8 Å². The Morgan fingerprint density at radius 1 is 0.667 bits per heavy atom. The van der Waals surface area contributed by atoms with Crippen molar-refractivity contribution in [3.63, 3.8) is 0 Å². The molecule has 2 atom stereocenters. The molecule has 0 aromatic rings. The van der Waals surface area contributed by atoms with Crippen LogP contribution in [0.5, 0.6) is 0 Å². The van der Waals surface area contributed by atoms with Gasteiger partial charge in [0, 0.05) is 0 Å². The first-order chi connectivity index (χ1) is 10.1. The third-order valence-electron chi connectivity index (χ3n) is 4.57. The van der Waals surface area contributed by atoms with Gasteiger partial charge in [0.05, 0.1) is 10.5 Å².